The van der Waals surface area contributed by atoms with Gasteiger partial charge in [-0.2, -0.15) is 5.10 Å². The van der Waals surface area contributed by atoms with E-state index < -0.39 is 6.04 Å². The van der Waals surface area contributed by atoms with Crippen LogP contribution in [-0.4, -0.2) is 73.1 Å². The molecule has 0 radical (unpaired) electrons. The highest BCUT2D eigenvalue weighted by molar-refractivity contribution is 5.99. The van der Waals surface area contributed by atoms with E-state index in [1.54, 1.807) is 27.3 Å². The summed E-state index contributed by atoms with van der Waals surface area (Å²) in [6.07, 6.45) is 3.77. The monoisotopic (exact) mass is 578 g/mol. The minimum atomic E-state index is -0.751. The van der Waals surface area contributed by atoms with Crippen LogP contribution >= 0.6 is 0 Å². The van der Waals surface area contributed by atoms with Crippen LogP contribution in [0.5, 0.6) is 5.75 Å². The average molecular weight is 579 g/mol. The number of ether oxygens (including phenoxy) is 1. The summed E-state index contributed by atoms with van der Waals surface area (Å²) in [5.41, 5.74) is 3.43. The Morgan fingerprint density at radius 3 is 2.74 bits per heavy atom. The first kappa shape index (κ1) is 30.7. The van der Waals surface area contributed by atoms with Crippen molar-refractivity contribution >= 4 is 17.7 Å². The van der Waals surface area contributed by atoms with Crippen molar-refractivity contribution in [3.05, 3.63) is 58.7 Å². The third kappa shape index (κ3) is 7.95. The number of rotatable bonds is 4. The summed E-state index contributed by atoms with van der Waals surface area (Å²) >= 11 is 0. The molecule has 3 heterocycles. The van der Waals surface area contributed by atoms with Gasteiger partial charge in [-0.1, -0.05) is 25.1 Å². The molecule has 0 saturated heterocycles. The highest BCUT2D eigenvalue weighted by Gasteiger charge is 2.24. The van der Waals surface area contributed by atoms with Gasteiger partial charge in [-0.15, -0.1) is 5.10 Å². The van der Waals surface area contributed by atoms with Crippen molar-refractivity contribution < 1.29 is 19.1 Å². The van der Waals surface area contributed by atoms with Gasteiger partial charge in [-0.05, 0) is 63.3 Å². The summed E-state index contributed by atoms with van der Waals surface area (Å²) in [7, 11) is 0. The van der Waals surface area contributed by atoms with Crippen molar-refractivity contribution in [3.8, 4) is 5.75 Å². The van der Waals surface area contributed by atoms with E-state index in [9.17, 15) is 14.4 Å². The Morgan fingerprint density at radius 2 is 1.98 bits per heavy atom. The van der Waals surface area contributed by atoms with E-state index in [1.165, 1.54) is 0 Å². The molecule has 0 spiro atoms. The normalized spacial score (nSPS) is 17.4. The van der Waals surface area contributed by atoms with E-state index in [0.29, 0.717) is 74.2 Å². The summed E-state index contributed by atoms with van der Waals surface area (Å²) in [5, 5.41) is 18.9. The molecule has 3 aromatic rings. The number of hydrogen-bond donors (Lipinski definition) is 2. The second-order valence-corrected chi connectivity index (χ2v) is 11.2. The zero-order valence-corrected chi connectivity index (χ0v) is 25.2. The molecule has 4 rings (SSSR count). The maximum Gasteiger partial charge on any atom is 0.272 e. The molecule has 0 unspecified atom stereocenters. The number of fused-ring (bicyclic) bond motifs is 3. The highest BCUT2D eigenvalue weighted by Crippen LogP contribution is 2.21. The number of benzene rings is 1. The molecular formula is C30H42N8O4. The topological polar surface area (TPSA) is 136 Å². The Hall–Kier alpha value is -4.22. The smallest absolute Gasteiger partial charge is 0.272 e. The first-order valence-corrected chi connectivity index (χ1v) is 14.7. The minimum Gasteiger partial charge on any atom is -0.493 e. The number of amides is 3. The fourth-order valence-corrected chi connectivity index (χ4v) is 4.85. The third-order valence-electron chi connectivity index (χ3n) is 7.01. The second kappa shape index (κ2) is 14.1. The molecule has 42 heavy (non-hydrogen) atoms. The van der Waals surface area contributed by atoms with E-state index in [2.05, 4.69) is 39.9 Å². The van der Waals surface area contributed by atoms with Crippen molar-refractivity contribution in [1.29, 1.82) is 0 Å². The van der Waals surface area contributed by atoms with Crippen molar-refractivity contribution in [2.45, 2.75) is 79.6 Å². The number of hydrogen-bond acceptors (Lipinski definition) is 7. The predicted octanol–water partition coefficient (Wildman–Crippen LogP) is 2.75. The number of aryl methyl sites for hydroxylation is 3. The lowest BCUT2D eigenvalue weighted by molar-refractivity contribution is -0.122. The van der Waals surface area contributed by atoms with Crippen LogP contribution in [0.1, 0.15) is 78.3 Å². The van der Waals surface area contributed by atoms with Gasteiger partial charge in [0.25, 0.3) is 11.8 Å². The number of aromatic nitrogens is 5. The number of nitrogens with one attached hydrogen (secondary N) is 2. The van der Waals surface area contributed by atoms with Crippen molar-refractivity contribution in [3.63, 3.8) is 0 Å². The van der Waals surface area contributed by atoms with Crippen LogP contribution in [0.4, 0.5) is 0 Å². The SMILES string of the molecule is CCn1nc(CC(C)C)cc1C(=O)N1CCCNC(=O)[C@@H](C)NC(=O)c2ccc(C)cc2OCCCn2cc(nn2)C1. The number of carbonyl (C=O) groups is 3. The predicted molar refractivity (Wildman–Crippen MR) is 157 cm³/mol. The van der Waals surface area contributed by atoms with Crippen LogP contribution in [0.25, 0.3) is 0 Å². The van der Waals surface area contributed by atoms with Crippen LogP contribution in [0, 0.1) is 12.8 Å². The van der Waals surface area contributed by atoms with Gasteiger partial charge in [-0.3, -0.25) is 23.7 Å². The van der Waals surface area contributed by atoms with Gasteiger partial charge in [0.1, 0.15) is 23.2 Å². The van der Waals surface area contributed by atoms with Crippen molar-refractivity contribution in [2.75, 3.05) is 19.7 Å². The first-order chi connectivity index (χ1) is 20.1. The fourth-order valence-electron chi connectivity index (χ4n) is 4.85. The van der Waals surface area contributed by atoms with Crippen molar-refractivity contribution in [1.82, 2.24) is 40.3 Å². The maximum absolute atomic E-state index is 13.8. The van der Waals surface area contributed by atoms with Gasteiger partial charge in [0.05, 0.1) is 30.6 Å². The van der Waals surface area contributed by atoms with Gasteiger partial charge in [0.15, 0.2) is 0 Å². The van der Waals surface area contributed by atoms with Gasteiger partial charge in [0.2, 0.25) is 5.91 Å². The van der Waals surface area contributed by atoms with Gasteiger partial charge < -0.3 is 20.3 Å². The summed E-state index contributed by atoms with van der Waals surface area (Å²) in [4.78, 5) is 41.3. The Morgan fingerprint density at radius 1 is 1.17 bits per heavy atom. The van der Waals surface area contributed by atoms with E-state index >= 15 is 0 Å². The molecule has 1 aromatic carbocycles. The van der Waals surface area contributed by atoms with Crippen molar-refractivity contribution in [2.24, 2.45) is 5.92 Å². The molecule has 12 nitrogen and oxygen atoms in total. The van der Waals surface area contributed by atoms with E-state index in [1.807, 2.05) is 38.2 Å². The summed E-state index contributed by atoms with van der Waals surface area (Å²) in [6.45, 7) is 12.3. The molecule has 2 bridgehead atoms. The minimum absolute atomic E-state index is 0.145. The fraction of sp³-hybridized carbons (Fsp3) is 0.533. The lowest BCUT2D eigenvalue weighted by Crippen LogP contribution is -2.45. The number of nitrogens with zero attached hydrogens (tertiary/aromatic N) is 6. The quantitative estimate of drug-likeness (QED) is 0.486. The third-order valence-corrected chi connectivity index (χ3v) is 7.01. The van der Waals surface area contributed by atoms with Crippen LogP contribution in [0.15, 0.2) is 30.5 Å². The van der Waals surface area contributed by atoms with E-state index in [-0.39, 0.29) is 24.3 Å². The second-order valence-electron chi connectivity index (χ2n) is 11.2. The molecule has 2 N–H and O–H groups in total. The molecule has 1 aliphatic rings. The van der Waals surface area contributed by atoms with Gasteiger partial charge >= 0.3 is 0 Å². The molecule has 0 aliphatic carbocycles. The molecule has 2 aromatic heterocycles. The Kier molecular flexibility index (Phi) is 10.3. The molecule has 1 atom stereocenters. The average Bonchev–Trinajstić information content (AvgIpc) is 3.57. The lowest BCUT2D eigenvalue weighted by atomic mass is 10.1. The molecule has 0 saturated carbocycles. The van der Waals surface area contributed by atoms with Gasteiger partial charge in [0, 0.05) is 32.6 Å². The Balaban J connectivity index is 1.54. The zero-order chi connectivity index (χ0) is 30.2. The molecular weight excluding hydrogens is 536 g/mol. The Labute approximate surface area is 246 Å². The molecule has 1 aliphatic heterocycles. The van der Waals surface area contributed by atoms with Crippen LogP contribution in [-0.2, 0) is 30.8 Å². The van der Waals surface area contributed by atoms with Crippen LogP contribution in [0.2, 0.25) is 0 Å². The van der Waals surface area contributed by atoms with Gasteiger partial charge in [-0.25, -0.2) is 0 Å². The summed E-state index contributed by atoms with van der Waals surface area (Å²) in [5.74, 6) is 0.0534. The summed E-state index contributed by atoms with van der Waals surface area (Å²) in [6, 6.07) is 6.49. The standard InChI is InChI=1S/C30H42N8O4/c1-6-38-26(17-23(34-38)15-20(2)3)30(41)36-12-7-11-31-28(39)22(5)32-29(40)25-10-9-21(4)16-27(25)42-14-8-13-37-19-24(18-36)33-35-37/h9-10,16-17,19-20,22H,6-8,11-15,18H2,1-5H3,(H,31,39)(H,32,40)/t22-/m1/s1. The van der Waals surface area contributed by atoms with Crippen LogP contribution < -0.4 is 15.4 Å². The molecule has 12 heteroatoms. The largest absolute Gasteiger partial charge is 0.493 e. The summed E-state index contributed by atoms with van der Waals surface area (Å²) < 4.78 is 9.46. The number of carbonyl (C=O) groups excluding carboxylic acids is 3. The zero-order valence-electron chi connectivity index (χ0n) is 25.2. The molecule has 3 amide bonds. The molecule has 226 valence electrons. The maximum atomic E-state index is 13.8. The molecule has 0 fully saturated rings. The first-order valence-electron chi connectivity index (χ1n) is 14.7. The highest BCUT2D eigenvalue weighted by atomic mass is 16.5. The van der Waals surface area contributed by atoms with E-state index in [4.69, 9.17) is 4.74 Å². The van der Waals surface area contributed by atoms with Crippen LogP contribution in [0.3, 0.4) is 0 Å². The lowest BCUT2D eigenvalue weighted by Gasteiger charge is -2.22. The Bertz CT molecular complexity index is 1400. The van der Waals surface area contributed by atoms with E-state index in [0.717, 1.165) is 17.7 Å².